The van der Waals surface area contributed by atoms with Crippen LogP contribution in [0.1, 0.15) is 11.3 Å². The van der Waals surface area contributed by atoms with Crippen molar-refractivity contribution in [3.05, 3.63) is 53.7 Å². The van der Waals surface area contributed by atoms with E-state index in [0.29, 0.717) is 11.3 Å². The van der Waals surface area contributed by atoms with Crippen LogP contribution in [0.3, 0.4) is 0 Å². The molecular formula is C14H16FN3O4S. The lowest BCUT2D eigenvalue weighted by Gasteiger charge is -2.07. The Morgan fingerprint density at radius 2 is 2.09 bits per heavy atom. The Morgan fingerprint density at radius 3 is 2.78 bits per heavy atom. The summed E-state index contributed by atoms with van der Waals surface area (Å²) in [6.07, 6.45) is 1.32. The molecule has 1 amide bonds. The standard InChI is InChI=1S/C14H16FN3O4S/c15-12-3-1-2-11(8-12)9-14(19)16-5-6-17-23(20,21)10-13-4-7-22-18-13/h1-4,7-8,17H,5-6,9-10H2,(H,16,19). The van der Waals surface area contributed by atoms with Crippen LogP contribution >= 0.6 is 0 Å². The maximum absolute atomic E-state index is 13.0. The number of nitrogens with zero attached hydrogens (tertiary/aromatic N) is 1. The SMILES string of the molecule is O=C(Cc1cccc(F)c1)NCCNS(=O)(=O)Cc1ccon1. The lowest BCUT2D eigenvalue weighted by atomic mass is 10.1. The van der Waals surface area contributed by atoms with E-state index < -0.39 is 15.8 Å². The van der Waals surface area contributed by atoms with Crippen LogP contribution in [0.25, 0.3) is 0 Å². The molecule has 1 aromatic heterocycles. The molecule has 0 aliphatic rings. The molecular weight excluding hydrogens is 325 g/mol. The van der Waals surface area contributed by atoms with Crippen LogP contribution in [-0.2, 0) is 27.0 Å². The molecule has 124 valence electrons. The van der Waals surface area contributed by atoms with E-state index >= 15 is 0 Å². The summed E-state index contributed by atoms with van der Waals surface area (Å²) in [7, 11) is -3.54. The number of benzene rings is 1. The first-order valence-corrected chi connectivity index (χ1v) is 8.47. The third-order valence-electron chi connectivity index (χ3n) is 2.85. The van der Waals surface area contributed by atoms with Crippen LogP contribution in [0.2, 0.25) is 0 Å². The molecule has 0 aliphatic carbocycles. The Bertz CT molecular complexity index is 747. The van der Waals surface area contributed by atoms with Gasteiger partial charge < -0.3 is 9.84 Å². The number of rotatable bonds is 8. The second-order valence-electron chi connectivity index (χ2n) is 4.80. The molecule has 0 atom stereocenters. The Morgan fingerprint density at radius 1 is 1.26 bits per heavy atom. The predicted octanol–water partition coefficient (Wildman–Crippen LogP) is 0.592. The van der Waals surface area contributed by atoms with E-state index in [1.165, 1.54) is 30.5 Å². The molecule has 0 aliphatic heterocycles. The van der Waals surface area contributed by atoms with Crippen LogP contribution in [0.15, 0.2) is 41.1 Å². The number of hydrogen-bond acceptors (Lipinski definition) is 5. The molecule has 2 N–H and O–H groups in total. The summed E-state index contributed by atoms with van der Waals surface area (Å²) in [5, 5.41) is 6.08. The van der Waals surface area contributed by atoms with Gasteiger partial charge in [0.1, 0.15) is 17.8 Å². The smallest absolute Gasteiger partial charge is 0.224 e. The van der Waals surface area contributed by atoms with Crippen molar-refractivity contribution in [2.24, 2.45) is 0 Å². The zero-order chi connectivity index (χ0) is 16.7. The molecule has 0 saturated heterocycles. The summed E-state index contributed by atoms with van der Waals surface area (Å²) in [5.74, 6) is -1.01. The second-order valence-corrected chi connectivity index (χ2v) is 6.61. The molecule has 7 nitrogen and oxygen atoms in total. The fourth-order valence-corrected chi connectivity index (χ4v) is 2.91. The van der Waals surface area contributed by atoms with Gasteiger partial charge in [0.2, 0.25) is 15.9 Å². The summed E-state index contributed by atoms with van der Waals surface area (Å²) in [6.45, 7) is 0.182. The van der Waals surface area contributed by atoms with Crippen molar-refractivity contribution in [2.45, 2.75) is 12.2 Å². The van der Waals surface area contributed by atoms with Crippen molar-refractivity contribution in [1.82, 2.24) is 15.2 Å². The van der Waals surface area contributed by atoms with Gasteiger partial charge in [-0.1, -0.05) is 17.3 Å². The van der Waals surface area contributed by atoms with Gasteiger partial charge in [-0.15, -0.1) is 0 Å². The number of nitrogens with one attached hydrogen (secondary N) is 2. The zero-order valence-electron chi connectivity index (χ0n) is 12.2. The first kappa shape index (κ1) is 17.1. The summed E-state index contributed by atoms with van der Waals surface area (Å²) in [4.78, 5) is 11.7. The fraction of sp³-hybridized carbons (Fsp3) is 0.286. The van der Waals surface area contributed by atoms with Crippen molar-refractivity contribution in [3.8, 4) is 0 Å². The topological polar surface area (TPSA) is 101 Å². The molecule has 1 heterocycles. The van der Waals surface area contributed by atoms with E-state index in [1.54, 1.807) is 6.07 Å². The van der Waals surface area contributed by atoms with Gasteiger partial charge in [-0.05, 0) is 17.7 Å². The van der Waals surface area contributed by atoms with E-state index in [9.17, 15) is 17.6 Å². The summed E-state index contributed by atoms with van der Waals surface area (Å²) in [5.41, 5.74) is 0.849. The van der Waals surface area contributed by atoms with Gasteiger partial charge in [0.05, 0.1) is 12.1 Å². The first-order chi connectivity index (χ1) is 10.9. The monoisotopic (exact) mass is 341 g/mol. The number of amides is 1. The van der Waals surface area contributed by atoms with Crippen LogP contribution in [0.5, 0.6) is 0 Å². The molecule has 0 radical (unpaired) electrons. The minimum atomic E-state index is -3.54. The lowest BCUT2D eigenvalue weighted by molar-refractivity contribution is -0.120. The van der Waals surface area contributed by atoms with E-state index in [-0.39, 0.29) is 31.2 Å². The van der Waals surface area contributed by atoms with Gasteiger partial charge in [0.15, 0.2) is 0 Å². The molecule has 0 saturated carbocycles. The Balaban J connectivity index is 1.69. The van der Waals surface area contributed by atoms with Crippen molar-refractivity contribution < 1.29 is 22.1 Å². The highest BCUT2D eigenvalue weighted by molar-refractivity contribution is 7.88. The van der Waals surface area contributed by atoms with Gasteiger partial charge in [-0.2, -0.15) is 0 Å². The molecule has 1 aromatic carbocycles. The quantitative estimate of drug-likeness (QED) is 0.685. The molecule has 0 spiro atoms. The maximum Gasteiger partial charge on any atom is 0.224 e. The Hall–Kier alpha value is -2.26. The molecule has 2 aromatic rings. The Labute approximate surface area is 132 Å². The van der Waals surface area contributed by atoms with Crippen LogP contribution < -0.4 is 10.0 Å². The number of sulfonamides is 1. The fourth-order valence-electron chi connectivity index (χ4n) is 1.86. The van der Waals surface area contributed by atoms with Crippen molar-refractivity contribution in [1.29, 1.82) is 0 Å². The van der Waals surface area contributed by atoms with E-state index in [1.807, 2.05) is 0 Å². The minimum absolute atomic E-state index is 0.0312. The first-order valence-electron chi connectivity index (χ1n) is 6.82. The van der Waals surface area contributed by atoms with Gasteiger partial charge in [0.25, 0.3) is 0 Å². The number of carbonyl (C=O) groups excluding carboxylic acids is 1. The molecule has 0 unspecified atom stereocenters. The Kier molecular flexibility index (Phi) is 5.83. The number of hydrogen-bond donors (Lipinski definition) is 2. The maximum atomic E-state index is 13.0. The highest BCUT2D eigenvalue weighted by Crippen LogP contribution is 2.04. The molecule has 0 bridgehead atoms. The lowest BCUT2D eigenvalue weighted by Crippen LogP contribution is -2.35. The number of carbonyl (C=O) groups is 1. The van der Waals surface area contributed by atoms with Crippen molar-refractivity contribution in [2.75, 3.05) is 13.1 Å². The van der Waals surface area contributed by atoms with Crippen molar-refractivity contribution in [3.63, 3.8) is 0 Å². The largest absolute Gasteiger partial charge is 0.364 e. The molecule has 0 fully saturated rings. The van der Waals surface area contributed by atoms with Gasteiger partial charge in [-0.3, -0.25) is 4.79 Å². The summed E-state index contributed by atoms with van der Waals surface area (Å²) in [6, 6.07) is 7.20. The molecule has 2 rings (SSSR count). The summed E-state index contributed by atoms with van der Waals surface area (Å²) < 4.78 is 43.3. The van der Waals surface area contributed by atoms with Gasteiger partial charge in [-0.25, -0.2) is 17.5 Å². The zero-order valence-corrected chi connectivity index (χ0v) is 13.0. The van der Waals surface area contributed by atoms with E-state index in [2.05, 4.69) is 19.7 Å². The minimum Gasteiger partial charge on any atom is -0.364 e. The third-order valence-corrected chi connectivity index (χ3v) is 4.17. The summed E-state index contributed by atoms with van der Waals surface area (Å²) >= 11 is 0. The average Bonchev–Trinajstić information content (AvgIpc) is 2.96. The number of halogens is 1. The highest BCUT2D eigenvalue weighted by atomic mass is 32.2. The second kappa shape index (κ2) is 7.84. The van der Waals surface area contributed by atoms with E-state index in [0.717, 1.165) is 0 Å². The highest BCUT2D eigenvalue weighted by Gasteiger charge is 2.13. The molecule has 9 heteroatoms. The molecule has 23 heavy (non-hydrogen) atoms. The van der Waals surface area contributed by atoms with Crippen molar-refractivity contribution >= 4 is 15.9 Å². The third kappa shape index (κ3) is 6.17. The van der Waals surface area contributed by atoms with Crippen LogP contribution in [0, 0.1) is 5.82 Å². The normalized spacial score (nSPS) is 11.3. The van der Waals surface area contributed by atoms with Gasteiger partial charge in [0, 0.05) is 19.2 Å². The average molecular weight is 341 g/mol. The van der Waals surface area contributed by atoms with Crippen LogP contribution in [-0.4, -0.2) is 32.6 Å². The van der Waals surface area contributed by atoms with Gasteiger partial charge >= 0.3 is 0 Å². The number of aromatic nitrogens is 1. The van der Waals surface area contributed by atoms with E-state index in [4.69, 9.17) is 0 Å². The van der Waals surface area contributed by atoms with Crippen LogP contribution in [0.4, 0.5) is 4.39 Å². The predicted molar refractivity (Wildman–Crippen MR) is 80.2 cm³/mol.